The zero-order valence-electron chi connectivity index (χ0n) is 9.06. The van der Waals surface area contributed by atoms with E-state index in [4.69, 9.17) is 4.84 Å². The van der Waals surface area contributed by atoms with Crippen molar-refractivity contribution in [2.75, 3.05) is 11.6 Å². The number of carbonyl (C=O) groups is 1. The van der Waals surface area contributed by atoms with E-state index in [0.717, 1.165) is 5.69 Å². The van der Waals surface area contributed by atoms with Crippen LogP contribution in [0.2, 0.25) is 0 Å². The molecule has 0 radical (unpaired) electrons. The summed E-state index contributed by atoms with van der Waals surface area (Å²) in [7, 11) is 0. The first-order chi connectivity index (χ1) is 7.15. The van der Waals surface area contributed by atoms with Gasteiger partial charge in [0.2, 0.25) is 0 Å². The van der Waals surface area contributed by atoms with Gasteiger partial charge in [0, 0.05) is 5.57 Å². The second-order valence-electron chi connectivity index (χ2n) is 3.19. The molecule has 1 rings (SSSR count). The largest absolute Gasteiger partial charge is 0.358 e. The maximum atomic E-state index is 11.3. The second kappa shape index (κ2) is 5.20. The lowest BCUT2D eigenvalue weighted by Crippen LogP contribution is -2.27. The molecule has 0 aliphatic rings. The number of nitrogens with zero attached hydrogens (tertiary/aromatic N) is 1. The molecule has 0 saturated heterocycles. The molecule has 0 aliphatic heterocycles. The van der Waals surface area contributed by atoms with Gasteiger partial charge < -0.3 is 4.84 Å². The van der Waals surface area contributed by atoms with E-state index in [0.29, 0.717) is 12.1 Å². The molecule has 0 bridgehead atoms. The van der Waals surface area contributed by atoms with E-state index in [2.05, 4.69) is 6.58 Å². The standard InChI is InChI=1S/C12H15NO2/c1-4-13(15-12(14)10(2)3)11-8-6-5-7-9-11/h5-9H,2,4H2,1,3H3. The molecule has 0 aromatic heterocycles. The smallest absolute Gasteiger partial charge is 0.336 e. The van der Waals surface area contributed by atoms with Gasteiger partial charge in [0.1, 0.15) is 0 Å². The molecule has 0 aliphatic carbocycles. The van der Waals surface area contributed by atoms with E-state index < -0.39 is 5.97 Å². The predicted molar refractivity (Wildman–Crippen MR) is 60.4 cm³/mol. The molecule has 1 aromatic rings. The monoisotopic (exact) mass is 205 g/mol. The molecule has 0 heterocycles. The van der Waals surface area contributed by atoms with Gasteiger partial charge >= 0.3 is 5.97 Å². The molecular formula is C12H15NO2. The van der Waals surface area contributed by atoms with Gasteiger partial charge in [-0.2, -0.15) is 0 Å². The molecule has 0 fully saturated rings. The fourth-order valence-electron chi connectivity index (χ4n) is 1.07. The van der Waals surface area contributed by atoms with Gasteiger partial charge in [0.25, 0.3) is 0 Å². The van der Waals surface area contributed by atoms with Crippen LogP contribution in [0.25, 0.3) is 0 Å². The highest BCUT2D eigenvalue weighted by Gasteiger charge is 2.10. The van der Waals surface area contributed by atoms with Gasteiger partial charge in [0.05, 0.1) is 12.2 Å². The van der Waals surface area contributed by atoms with Crippen molar-refractivity contribution in [1.29, 1.82) is 0 Å². The minimum absolute atomic E-state index is 0.393. The van der Waals surface area contributed by atoms with Crippen LogP contribution in [0.5, 0.6) is 0 Å². The molecule has 0 unspecified atom stereocenters. The number of anilines is 1. The van der Waals surface area contributed by atoms with E-state index >= 15 is 0 Å². The first kappa shape index (κ1) is 11.3. The number of para-hydroxylation sites is 1. The van der Waals surface area contributed by atoms with E-state index in [1.165, 1.54) is 5.06 Å². The van der Waals surface area contributed by atoms with Crippen LogP contribution >= 0.6 is 0 Å². The quantitative estimate of drug-likeness (QED) is 0.559. The Kier molecular flexibility index (Phi) is 3.92. The number of hydroxylamine groups is 1. The molecule has 0 N–H and O–H groups in total. The third-order valence-corrected chi connectivity index (χ3v) is 1.87. The molecule has 0 saturated carbocycles. The molecule has 0 atom stereocenters. The fourth-order valence-corrected chi connectivity index (χ4v) is 1.07. The topological polar surface area (TPSA) is 29.5 Å². The van der Waals surface area contributed by atoms with E-state index in [-0.39, 0.29) is 0 Å². The zero-order chi connectivity index (χ0) is 11.3. The molecule has 0 spiro atoms. The second-order valence-corrected chi connectivity index (χ2v) is 3.19. The average molecular weight is 205 g/mol. The van der Waals surface area contributed by atoms with Crippen LogP contribution in [-0.2, 0) is 9.63 Å². The van der Waals surface area contributed by atoms with E-state index in [1.54, 1.807) is 6.92 Å². The SMILES string of the molecule is C=C(C)C(=O)ON(CC)c1ccccc1. The highest BCUT2D eigenvalue weighted by molar-refractivity contribution is 5.87. The van der Waals surface area contributed by atoms with Gasteiger partial charge in [-0.25, -0.2) is 9.86 Å². The summed E-state index contributed by atoms with van der Waals surface area (Å²) in [5.74, 6) is -0.402. The van der Waals surface area contributed by atoms with Crippen LogP contribution in [-0.4, -0.2) is 12.5 Å². The van der Waals surface area contributed by atoms with Gasteiger partial charge in [-0.1, -0.05) is 24.8 Å². The van der Waals surface area contributed by atoms with Crippen LogP contribution < -0.4 is 5.06 Å². The molecule has 15 heavy (non-hydrogen) atoms. The summed E-state index contributed by atoms with van der Waals surface area (Å²) in [5.41, 5.74) is 1.25. The number of benzene rings is 1. The summed E-state index contributed by atoms with van der Waals surface area (Å²) in [4.78, 5) is 16.5. The first-order valence-electron chi connectivity index (χ1n) is 4.85. The first-order valence-corrected chi connectivity index (χ1v) is 4.85. The molecular weight excluding hydrogens is 190 g/mol. The summed E-state index contributed by atoms with van der Waals surface area (Å²) in [6.07, 6.45) is 0. The summed E-state index contributed by atoms with van der Waals surface area (Å²) in [6.45, 7) is 7.68. The third kappa shape index (κ3) is 3.13. The average Bonchev–Trinajstić information content (AvgIpc) is 2.26. The van der Waals surface area contributed by atoms with Crippen LogP contribution in [0, 0.1) is 0 Å². The highest BCUT2D eigenvalue weighted by atomic mass is 16.7. The predicted octanol–water partition coefficient (Wildman–Crippen LogP) is 2.55. The number of hydrogen-bond donors (Lipinski definition) is 0. The Morgan fingerprint density at radius 2 is 2.00 bits per heavy atom. The molecule has 3 heteroatoms. The lowest BCUT2D eigenvalue weighted by Gasteiger charge is -2.21. The minimum atomic E-state index is -0.402. The number of hydrogen-bond acceptors (Lipinski definition) is 3. The van der Waals surface area contributed by atoms with E-state index in [1.807, 2.05) is 37.3 Å². The fraction of sp³-hybridized carbons (Fsp3) is 0.250. The van der Waals surface area contributed by atoms with Gasteiger partial charge in [0.15, 0.2) is 0 Å². The Bertz CT molecular complexity index is 346. The van der Waals surface area contributed by atoms with Crippen LogP contribution in [0.1, 0.15) is 13.8 Å². The van der Waals surface area contributed by atoms with E-state index in [9.17, 15) is 4.79 Å². The maximum Gasteiger partial charge on any atom is 0.358 e. The van der Waals surface area contributed by atoms with Crippen LogP contribution in [0.4, 0.5) is 5.69 Å². The Morgan fingerprint density at radius 1 is 1.40 bits per heavy atom. The molecule has 1 aromatic carbocycles. The van der Waals surface area contributed by atoms with Crippen molar-refractivity contribution in [2.24, 2.45) is 0 Å². The highest BCUT2D eigenvalue weighted by Crippen LogP contribution is 2.13. The van der Waals surface area contributed by atoms with Crippen molar-refractivity contribution in [3.63, 3.8) is 0 Å². The summed E-state index contributed by atoms with van der Waals surface area (Å²) < 4.78 is 0. The Hall–Kier alpha value is -1.77. The van der Waals surface area contributed by atoms with Crippen molar-refractivity contribution in [1.82, 2.24) is 0 Å². The lowest BCUT2D eigenvalue weighted by molar-refractivity contribution is -0.140. The molecule has 80 valence electrons. The Balaban J connectivity index is 2.73. The molecule has 0 amide bonds. The third-order valence-electron chi connectivity index (χ3n) is 1.87. The molecule has 3 nitrogen and oxygen atoms in total. The number of carbonyl (C=O) groups excluding carboxylic acids is 1. The summed E-state index contributed by atoms with van der Waals surface area (Å²) in [6, 6.07) is 9.47. The van der Waals surface area contributed by atoms with Gasteiger partial charge in [-0.3, -0.25) is 0 Å². The van der Waals surface area contributed by atoms with Gasteiger partial charge in [-0.05, 0) is 26.0 Å². The van der Waals surface area contributed by atoms with Crippen molar-refractivity contribution in [2.45, 2.75) is 13.8 Å². The summed E-state index contributed by atoms with van der Waals surface area (Å²) >= 11 is 0. The lowest BCUT2D eigenvalue weighted by atomic mass is 10.3. The number of rotatable bonds is 4. The van der Waals surface area contributed by atoms with Crippen molar-refractivity contribution in [3.05, 3.63) is 42.5 Å². The zero-order valence-corrected chi connectivity index (χ0v) is 9.06. The van der Waals surface area contributed by atoms with Crippen molar-refractivity contribution >= 4 is 11.7 Å². The summed E-state index contributed by atoms with van der Waals surface area (Å²) in [5, 5.41) is 1.54. The minimum Gasteiger partial charge on any atom is -0.336 e. The van der Waals surface area contributed by atoms with Gasteiger partial charge in [-0.15, -0.1) is 0 Å². The van der Waals surface area contributed by atoms with Crippen molar-refractivity contribution in [3.8, 4) is 0 Å². The maximum absolute atomic E-state index is 11.3. The Morgan fingerprint density at radius 3 is 2.47 bits per heavy atom. The normalized spacial score (nSPS) is 9.47. The Labute approximate surface area is 89.9 Å². The van der Waals surface area contributed by atoms with Crippen molar-refractivity contribution < 1.29 is 9.63 Å². The van der Waals surface area contributed by atoms with Crippen LogP contribution in [0.15, 0.2) is 42.5 Å². The van der Waals surface area contributed by atoms with Crippen LogP contribution in [0.3, 0.4) is 0 Å².